The van der Waals surface area contributed by atoms with Crippen LogP contribution in [-0.4, -0.2) is 10.6 Å². The number of nitrogens with zero attached hydrogens (tertiary/aromatic N) is 1. The van der Waals surface area contributed by atoms with Crippen LogP contribution in [0.1, 0.15) is 37.4 Å². The van der Waals surface area contributed by atoms with E-state index in [1.165, 1.54) is 6.42 Å². The minimum Gasteiger partial charge on any atom is -0.485 e. The predicted octanol–water partition coefficient (Wildman–Crippen LogP) is 1.79. The Hall–Kier alpha value is -1.09. The Morgan fingerprint density at radius 2 is 2.36 bits per heavy atom. The smallest absolute Gasteiger partial charge is 0.143 e. The SMILES string of the molecule is NC1CC2(CCC2)Oc2cccnc21. The first-order valence-electron chi connectivity index (χ1n) is 5.19. The molecule has 0 radical (unpaired) electrons. The lowest BCUT2D eigenvalue weighted by molar-refractivity contribution is -0.0341. The third-order valence-electron chi connectivity index (χ3n) is 3.33. The highest BCUT2D eigenvalue weighted by Crippen LogP contribution is 2.47. The van der Waals surface area contributed by atoms with Crippen molar-refractivity contribution in [2.45, 2.75) is 37.3 Å². The molecule has 14 heavy (non-hydrogen) atoms. The maximum atomic E-state index is 6.09. The fourth-order valence-corrected chi connectivity index (χ4v) is 2.42. The van der Waals surface area contributed by atoms with E-state index in [0.717, 1.165) is 30.7 Å². The maximum absolute atomic E-state index is 6.09. The zero-order valence-electron chi connectivity index (χ0n) is 8.07. The molecule has 1 unspecified atom stereocenters. The third-order valence-corrected chi connectivity index (χ3v) is 3.33. The standard InChI is InChI=1S/C11H14N2O/c12-8-7-11(4-2-5-11)14-9-3-1-6-13-10(8)9/h1,3,6,8H,2,4-5,7,12H2. The second-order valence-corrected chi connectivity index (χ2v) is 4.34. The average Bonchev–Trinajstić information content (AvgIpc) is 2.15. The molecule has 0 amide bonds. The number of ether oxygens (including phenoxy) is 1. The molecular weight excluding hydrogens is 176 g/mol. The molecule has 2 heterocycles. The summed E-state index contributed by atoms with van der Waals surface area (Å²) in [4.78, 5) is 4.27. The lowest BCUT2D eigenvalue weighted by atomic mass is 9.74. The van der Waals surface area contributed by atoms with Crippen LogP contribution in [0.4, 0.5) is 0 Å². The zero-order chi connectivity index (χ0) is 9.60. The van der Waals surface area contributed by atoms with Gasteiger partial charge >= 0.3 is 0 Å². The Labute approximate surface area is 83.3 Å². The van der Waals surface area contributed by atoms with Crippen LogP contribution in [0.5, 0.6) is 5.75 Å². The summed E-state index contributed by atoms with van der Waals surface area (Å²) in [5.74, 6) is 0.894. The normalized spacial score (nSPS) is 27.6. The summed E-state index contributed by atoms with van der Waals surface area (Å²) in [7, 11) is 0. The van der Waals surface area contributed by atoms with Gasteiger partial charge in [-0.1, -0.05) is 0 Å². The number of hydrogen-bond donors (Lipinski definition) is 1. The molecule has 0 bridgehead atoms. The molecule has 1 atom stereocenters. The number of fused-ring (bicyclic) bond motifs is 1. The van der Waals surface area contributed by atoms with Crippen molar-refractivity contribution in [1.82, 2.24) is 4.98 Å². The lowest BCUT2D eigenvalue weighted by Crippen LogP contribution is -2.48. The van der Waals surface area contributed by atoms with Gasteiger partial charge in [-0.3, -0.25) is 4.98 Å². The van der Waals surface area contributed by atoms with Crippen LogP contribution < -0.4 is 10.5 Å². The molecule has 3 rings (SSSR count). The number of aromatic nitrogens is 1. The van der Waals surface area contributed by atoms with E-state index in [2.05, 4.69) is 4.98 Å². The first-order chi connectivity index (χ1) is 6.79. The summed E-state index contributed by atoms with van der Waals surface area (Å²) in [5.41, 5.74) is 7.06. The van der Waals surface area contributed by atoms with Gasteiger partial charge in [0.2, 0.25) is 0 Å². The molecule has 3 heteroatoms. The molecule has 1 aromatic rings. The van der Waals surface area contributed by atoms with Crippen LogP contribution in [0.3, 0.4) is 0 Å². The van der Waals surface area contributed by atoms with E-state index in [-0.39, 0.29) is 11.6 Å². The summed E-state index contributed by atoms with van der Waals surface area (Å²) in [6.07, 6.45) is 6.27. The lowest BCUT2D eigenvalue weighted by Gasteiger charge is -2.46. The van der Waals surface area contributed by atoms with Gasteiger partial charge in [0, 0.05) is 12.6 Å². The first kappa shape index (κ1) is 8.24. The average molecular weight is 190 g/mol. The minimum absolute atomic E-state index is 0.0510. The van der Waals surface area contributed by atoms with Crippen LogP contribution in [0.2, 0.25) is 0 Å². The molecular formula is C11H14N2O. The Morgan fingerprint density at radius 1 is 1.50 bits per heavy atom. The van der Waals surface area contributed by atoms with Crippen LogP contribution in [0.25, 0.3) is 0 Å². The van der Waals surface area contributed by atoms with Crippen molar-refractivity contribution in [2.24, 2.45) is 5.73 Å². The van der Waals surface area contributed by atoms with E-state index in [1.54, 1.807) is 6.20 Å². The number of pyridine rings is 1. The van der Waals surface area contributed by atoms with E-state index in [4.69, 9.17) is 10.5 Å². The second-order valence-electron chi connectivity index (χ2n) is 4.34. The molecule has 1 aromatic heterocycles. The van der Waals surface area contributed by atoms with Gasteiger partial charge in [0.25, 0.3) is 0 Å². The Bertz CT molecular complexity index is 360. The van der Waals surface area contributed by atoms with Gasteiger partial charge in [0.05, 0.1) is 11.7 Å². The van der Waals surface area contributed by atoms with Crippen molar-refractivity contribution in [2.75, 3.05) is 0 Å². The maximum Gasteiger partial charge on any atom is 0.143 e. The van der Waals surface area contributed by atoms with Gasteiger partial charge in [-0.15, -0.1) is 0 Å². The highest BCUT2D eigenvalue weighted by molar-refractivity contribution is 5.33. The quantitative estimate of drug-likeness (QED) is 0.678. The van der Waals surface area contributed by atoms with E-state index in [9.17, 15) is 0 Å². The van der Waals surface area contributed by atoms with Crippen LogP contribution in [0.15, 0.2) is 18.3 Å². The zero-order valence-corrected chi connectivity index (χ0v) is 8.07. The van der Waals surface area contributed by atoms with Crippen molar-refractivity contribution in [3.63, 3.8) is 0 Å². The summed E-state index contributed by atoms with van der Waals surface area (Å²) in [6.45, 7) is 0. The van der Waals surface area contributed by atoms with Crippen molar-refractivity contribution in [3.8, 4) is 5.75 Å². The summed E-state index contributed by atoms with van der Waals surface area (Å²) >= 11 is 0. The van der Waals surface area contributed by atoms with Gasteiger partial charge in [-0.25, -0.2) is 0 Å². The fourth-order valence-electron chi connectivity index (χ4n) is 2.42. The van der Waals surface area contributed by atoms with Crippen molar-refractivity contribution < 1.29 is 4.74 Å². The second kappa shape index (κ2) is 2.70. The molecule has 1 aliphatic heterocycles. The molecule has 2 aliphatic rings. The largest absolute Gasteiger partial charge is 0.485 e. The Kier molecular flexibility index (Phi) is 1.59. The van der Waals surface area contributed by atoms with Crippen molar-refractivity contribution in [3.05, 3.63) is 24.0 Å². The number of rotatable bonds is 0. The highest BCUT2D eigenvalue weighted by atomic mass is 16.5. The topological polar surface area (TPSA) is 48.1 Å². The summed E-state index contributed by atoms with van der Waals surface area (Å²) in [6, 6.07) is 3.94. The predicted molar refractivity (Wildman–Crippen MR) is 53.0 cm³/mol. The van der Waals surface area contributed by atoms with Crippen molar-refractivity contribution >= 4 is 0 Å². The molecule has 2 N–H and O–H groups in total. The number of nitrogens with two attached hydrogens (primary N) is 1. The molecule has 0 saturated heterocycles. The molecule has 1 saturated carbocycles. The summed E-state index contributed by atoms with van der Waals surface area (Å²) in [5, 5.41) is 0. The van der Waals surface area contributed by atoms with Gasteiger partial charge in [0.15, 0.2) is 0 Å². The van der Waals surface area contributed by atoms with Crippen LogP contribution >= 0.6 is 0 Å². The molecule has 74 valence electrons. The van der Waals surface area contributed by atoms with E-state index in [0.29, 0.717) is 0 Å². The van der Waals surface area contributed by atoms with Gasteiger partial charge in [0.1, 0.15) is 11.4 Å². The van der Waals surface area contributed by atoms with E-state index >= 15 is 0 Å². The monoisotopic (exact) mass is 190 g/mol. The molecule has 0 aromatic carbocycles. The molecule has 1 aliphatic carbocycles. The van der Waals surface area contributed by atoms with Crippen LogP contribution in [-0.2, 0) is 0 Å². The Morgan fingerprint density at radius 3 is 3.07 bits per heavy atom. The Balaban J connectivity index is 2.00. The summed E-state index contributed by atoms with van der Waals surface area (Å²) < 4.78 is 5.98. The molecule has 1 fully saturated rings. The molecule has 1 spiro atoms. The van der Waals surface area contributed by atoms with Gasteiger partial charge in [-0.2, -0.15) is 0 Å². The van der Waals surface area contributed by atoms with Crippen LogP contribution in [0, 0.1) is 0 Å². The first-order valence-corrected chi connectivity index (χ1v) is 5.19. The number of hydrogen-bond acceptors (Lipinski definition) is 3. The van der Waals surface area contributed by atoms with Gasteiger partial charge in [-0.05, 0) is 31.4 Å². The van der Waals surface area contributed by atoms with E-state index < -0.39 is 0 Å². The minimum atomic E-state index is 0.0510. The fraction of sp³-hybridized carbons (Fsp3) is 0.545. The molecule has 3 nitrogen and oxygen atoms in total. The van der Waals surface area contributed by atoms with Gasteiger partial charge < -0.3 is 10.5 Å². The van der Waals surface area contributed by atoms with Crippen molar-refractivity contribution in [1.29, 1.82) is 0 Å². The third kappa shape index (κ3) is 1.05. The van der Waals surface area contributed by atoms with E-state index in [1.807, 2.05) is 12.1 Å². The highest BCUT2D eigenvalue weighted by Gasteiger charge is 2.44.